The zero-order chi connectivity index (χ0) is 31.0. The van der Waals surface area contributed by atoms with Crippen LogP contribution in [0.15, 0.2) is 30.5 Å². The van der Waals surface area contributed by atoms with Crippen molar-refractivity contribution in [3.63, 3.8) is 0 Å². The molecule has 2 aromatic heterocycles. The average molecular weight is 606 g/mol. The molecule has 0 radical (unpaired) electrons. The molecule has 11 heteroatoms. The summed E-state index contributed by atoms with van der Waals surface area (Å²) in [5, 5.41) is 11.4. The van der Waals surface area contributed by atoms with Crippen LogP contribution in [0.2, 0.25) is 0 Å². The normalized spacial score (nSPS) is 21.9. The molecule has 0 aliphatic carbocycles. The standard InChI is InChI=1S/C26H22F2N4O3.C7H12FN/c1-4-17-20(27)6-5-15-11-16(33)12-18(21(15)17)23-22(28)24-19(13-29-23)25(31-26(30-24)34-3)32-8-10-35-9-7-14(32)2;8-6-4-7-2-1-3-9(7)5-6/h1,5-6,11-14,33H,7-10H2,2-3H3;6-7H,1-5H2. The highest BCUT2D eigenvalue weighted by Crippen LogP contribution is 2.39. The molecule has 0 spiro atoms. The minimum atomic E-state index is -0.762. The van der Waals surface area contributed by atoms with Gasteiger partial charge in [0.25, 0.3) is 0 Å². The number of aromatic hydroxyl groups is 1. The fourth-order valence-electron chi connectivity index (χ4n) is 6.51. The lowest BCUT2D eigenvalue weighted by atomic mass is 9.96. The number of terminal acetylenes is 1. The Bertz CT molecular complexity index is 1730. The number of benzene rings is 2. The molecule has 3 unspecified atom stereocenters. The van der Waals surface area contributed by atoms with Crippen LogP contribution in [0.3, 0.4) is 0 Å². The van der Waals surface area contributed by atoms with Crippen LogP contribution in [0, 0.1) is 24.0 Å². The van der Waals surface area contributed by atoms with Crippen LogP contribution in [0.1, 0.15) is 38.2 Å². The molecule has 0 saturated carbocycles. The maximum atomic E-state index is 16.1. The van der Waals surface area contributed by atoms with Crippen LogP contribution in [0.25, 0.3) is 32.9 Å². The van der Waals surface area contributed by atoms with E-state index in [2.05, 4.69) is 25.8 Å². The van der Waals surface area contributed by atoms with E-state index >= 15 is 4.39 Å². The van der Waals surface area contributed by atoms with Gasteiger partial charge in [-0.1, -0.05) is 12.0 Å². The molecule has 3 fully saturated rings. The summed E-state index contributed by atoms with van der Waals surface area (Å²) in [7, 11) is 1.41. The van der Waals surface area contributed by atoms with Gasteiger partial charge >= 0.3 is 6.01 Å². The maximum Gasteiger partial charge on any atom is 0.318 e. The third-order valence-electron chi connectivity index (χ3n) is 8.70. The molecule has 230 valence electrons. The van der Waals surface area contributed by atoms with E-state index in [1.807, 2.05) is 11.8 Å². The van der Waals surface area contributed by atoms with Crippen LogP contribution >= 0.6 is 0 Å². The number of pyridine rings is 1. The summed E-state index contributed by atoms with van der Waals surface area (Å²) in [4.78, 5) is 17.4. The van der Waals surface area contributed by atoms with Gasteiger partial charge in [-0.15, -0.1) is 6.42 Å². The predicted molar refractivity (Wildman–Crippen MR) is 163 cm³/mol. The van der Waals surface area contributed by atoms with Gasteiger partial charge in [0.05, 0.1) is 24.7 Å². The Morgan fingerprint density at radius 3 is 2.75 bits per heavy atom. The van der Waals surface area contributed by atoms with Gasteiger partial charge in [-0.3, -0.25) is 9.88 Å². The number of halogens is 3. The fourth-order valence-corrected chi connectivity index (χ4v) is 6.51. The number of ether oxygens (including phenoxy) is 2. The highest BCUT2D eigenvalue weighted by molar-refractivity contribution is 6.03. The van der Waals surface area contributed by atoms with Gasteiger partial charge in [-0.2, -0.15) is 9.97 Å². The van der Waals surface area contributed by atoms with Gasteiger partial charge in [0, 0.05) is 48.9 Å². The van der Waals surface area contributed by atoms with Crippen molar-refractivity contribution in [3.8, 4) is 35.4 Å². The molecule has 44 heavy (non-hydrogen) atoms. The van der Waals surface area contributed by atoms with Crippen molar-refractivity contribution in [3.05, 3.63) is 47.7 Å². The molecule has 3 saturated heterocycles. The molecular formula is C33H34F3N5O3. The topological polar surface area (TPSA) is 83.8 Å². The first-order valence-electron chi connectivity index (χ1n) is 14.8. The summed E-state index contributed by atoms with van der Waals surface area (Å²) in [6, 6.07) is 6.12. The first-order chi connectivity index (χ1) is 21.3. The summed E-state index contributed by atoms with van der Waals surface area (Å²) in [6.45, 7) is 5.58. The third kappa shape index (κ3) is 5.60. The molecule has 3 aliphatic heterocycles. The average Bonchev–Trinajstić information content (AvgIpc) is 3.52. The second-order valence-electron chi connectivity index (χ2n) is 11.4. The van der Waals surface area contributed by atoms with Crippen molar-refractivity contribution in [1.82, 2.24) is 19.9 Å². The molecule has 5 heterocycles. The molecule has 0 amide bonds. The number of phenolic OH excluding ortho intramolecular Hbond substituents is 1. The van der Waals surface area contributed by atoms with E-state index in [9.17, 15) is 13.9 Å². The van der Waals surface area contributed by atoms with E-state index in [4.69, 9.17) is 15.9 Å². The predicted octanol–water partition coefficient (Wildman–Crippen LogP) is 5.63. The number of fused-ring (bicyclic) bond motifs is 3. The fraction of sp³-hybridized carbons (Fsp3) is 0.424. The maximum absolute atomic E-state index is 16.1. The smallest absolute Gasteiger partial charge is 0.318 e. The highest BCUT2D eigenvalue weighted by Gasteiger charge is 2.34. The number of phenols is 1. The van der Waals surface area contributed by atoms with E-state index in [-0.39, 0.29) is 45.5 Å². The molecule has 1 N–H and O–H groups in total. The molecule has 4 aromatic rings. The van der Waals surface area contributed by atoms with Crippen LogP contribution < -0.4 is 9.64 Å². The minimum absolute atomic E-state index is 0.00274. The zero-order valence-corrected chi connectivity index (χ0v) is 24.7. The molecule has 8 nitrogen and oxygen atoms in total. The SMILES string of the molecule is C#Cc1c(F)ccc2cc(O)cc(-c3ncc4c(N5CCOCCC5C)nc(OC)nc4c3F)c12.FC1CC2CCCN2C1. The van der Waals surface area contributed by atoms with Crippen molar-refractivity contribution in [2.45, 2.75) is 50.9 Å². The lowest BCUT2D eigenvalue weighted by molar-refractivity contribution is 0.150. The molecule has 2 aromatic carbocycles. The van der Waals surface area contributed by atoms with Crippen LogP contribution in [0.4, 0.5) is 19.0 Å². The first-order valence-corrected chi connectivity index (χ1v) is 14.8. The minimum Gasteiger partial charge on any atom is -0.508 e. The number of hydrogen-bond acceptors (Lipinski definition) is 8. The number of methoxy groups -OCH3 is 1. The van der Waals surface area contributed by atoms with Crippen molar-refractivity contribution in [2.75, 3.05) is 44.9 Å². The monoisotopic (exact) mass is 605 g/mol. The van der Waals surface area contributed by atoms with E-state index in [1.54, 1.807) is 0 Å². The summed E-state index contributed by atoms with van der Waals surface area (Å²) in [5.41, 5.74) is -0.0236. The van der Waals surface area contributed by atoms with E-state index < -0.39 is 17.8 Å². The molecular weight excluding hydrogens is 571 g/mol. The van der Waals surface area contributed by atoms with Crippen molar-refractivity contribution in [1.29, 1.82) is 0 Å². The molecule has 7 rings (SSSR count). The summed E-state index contributed by atoms with van der Waals surface area (Å²) < 4.78 is 54.1. The summed E-state index contributed by atoms with van der Waals surface area (Å²) in [5.74, 6) is 1.29. The Morgan fingerprint density at radius 2 is 1.98 bits per heavy atom. The largest absolute Gasteiger partial charge is 0.508 e. The Balaban J connectivity index is 0.000000323. The van der Waals surface area contributed by atoms with Crippen molar-refractivity contribution < 1.29 is 27.8 Å². The molecule has 3 aliphatic rings. The Labute approximate surface area is 253 Å². The number of rotatable bonds is 3. The Morgan fingerprint density at radius 1 is 1.14 bits per heavy atom. The van der Waals surface area contributed by atoms with Gasteiger partial charge in [0.1, 0.15) is 34.8 Å². The lowest BCUT2D eigenvalue weighted by Gasteiger charge is -2.28. The van der Waals surface area contributed by atoms with Crippen molar-refractivity contribution in [2.24, 2.45) is 0 Å². The number of aromatic nitrogens is 3. The van der Waals surface area contributed by atoms with Gasteiger partial charge in [-0.25, -0.2) is 13.2 Å². The number of nitrogens with zero attached hydrogens (tertiary/aromatic N) is 5. The van der Waals surface area contributed by atoms with E-state index in [1.165, 1.54) is 50.4 Å². The first kappa shape index (κ1) is 29.9. The molecule has 0 bridgehead atoms. The number of anilines is 1. The Hall–Kier alpha value is -4.14. The van der Waals surface area contributed by atoms with Gasteiger partial charge in [-0.05, 0) is 62.7 Å². The summed E-state index contributed by atoms with van der Waals surface area (Å²) >= 11 is 0. The highest BCUT2D eigenvalue weighted by atomic mass is 19.1. The number of hydrogen-bond donors (Lipinski definition) is 1. The molecule has 3 atom stereocenters. The second-order valence-corrected chi connectivity index (χ2v) is 11.4. The van der Waals surface area contributed by atoms with Crippen molar-refractivity contribution >= 4 is 27.5 Å². The summed E-state index contributed by atoms with van der Waals surface area (Å²) in [6.07, 6.45) is 10.6. The van der Waals surface area contributed by atoms with Gasteiger partial charge in [0.15, 0.2) is 5.82 Å². The zero-order valence-electron chi connectivity index (χ0n) is 24.7. The third-order valence-corrected chi connectivity index (χ3v) is 8.70. The van der Waals surface area contributed by atoms with E-state index in [0.29, 0.717) is 48.9 Å². The van der Waals surface area contributed by atoms with E-state index in [0.717, 1.165) is 19.4 Å². The quantitative estimate of drug-likeness (QED) is 0.301. The van der Waals surface area contributed by atoms with Crippen LogP contribution in [0.5, 0.6) is 11.8 Å². The van der Waals surface area contributed by atoms with Gasteiger partial charge < -0.3 is 19.5 Å². The Kier molecular flexibility index (Phi) is 8.47. The van der Waals surface area contributed by atoms with Crippen LogP contribution in [-0.4, -0.2) is 83.2 Å². The number of alkyl halides is 1. The van der Waals surface area contributed by atoms with Gasteiger partial charge in [0.2, 0.25) is 0 Å². The second kappa shape index (κ2) is 12.5. The van der Waals surface area contributed by atoms with Crippen LogP contribution in [-0.2, 0) is 4.74 Å². The lowest BCUT2D eigenvalue weighted by Crippen LogP contribution is -2.34.